The lowest BCUT2D eigenvalue weighted by Gasteiger charge is -2.29. The number of urea groups is 1. The minimum absolute atomic E-state index is 0.107. The van der Waals surface area contributed by atoms with Crippen LogP contribution in [0.3, 0.4) is 0 Å². The number of benzene rings is 2. The Bertz CT molecular complexity index is 852. The van der Waals surface area contributed by atoms with Crippen LogP contribution in [0.1, 0.15) is 56.9 Å². The Morgan fingerprint density at radius 2 is 1.58 bits per heavy atom. The van der Waals surface area contributed by atoms with Crippen LogP contribution < -0.4 is 20.6 Å². The number of hydroxylamine groups is 1. The van der Waals surface area contributed by atoms with Gasteiger partial charge in [-0.2, -0.15) is 0 Å². The van der Waals surface area contributed by atoms with Crippen LogP contribution in [0.25, 0.3) is 0 Å². The lowest BCUT2D eigenvalue weighted by Crippen LogP contribution is -2.40. The molecule has 0 unspecified atom stereocenters. The number of nitrogens with one attached hydrogen (secondary N) is 2. The van der Waals surface area contributed by atoms with Crippen LogP contribution in [-0.4, -0.2) is 36.8 Å². The first-order valence-corrected chi connectivity index (χ1v) is 12.0. The van der Waals surface area contributed by atoms with Crippen molar-refractivity contribution in [1.29, 1.82) is 0 Å². The molecule has 1 fully saturated rings. The van der Waals surface area contributed by atoms with Gasteiger partial charge in [0.2, 0.25) is 5.91 Å². The Morgan fingerprint density at radius 1 is 0.879 bits per heavy atom. The topological polar surface area (TPSA) is 84.9 Å². The summed E-state index contributed by atoms with van der Waals surface area (Å²) >= 11 is 0. The van der Waals surface area contributed by atoms with E-state index >= 15 is 0 Å². The molecule has 3 amide bonds. The third-order valence-electron chi connectivity index (χ3n) is 6.07. The van der Waals surface area contributed by atoms with Crippen molar-refractivity contribution in [2.75, 3.05) is 29.4 Å². The van der Waals surface area contributed by atoms with E-state index < -0.39 is 0 Å². The van der Waals surface area contributed by atoms with Crippen molar-refractivity contribution in [2.45, 2.75) is 57.9 Å². The zero-order valence-corrected chi connectivity index (χ0v) is 19.3. The molecule has 7 nitrogen and oxygen atoms in total. The van der Waals surface area contributed by atoms with Crippen LogP contribution in [0, 0.1) is 0 Å². The lowest BCUT2D eigenvalue weighted by molar-refractivity contribution is -0.129. The van der Waals surface area contributed by atoms with E-state index in [-0.39, 0.29) is 11.9 Å². The average molecular weight is 453 g/mol. The van der Waals surface area contributed by atoms with Crippen molar-refractivity contribution in [3.8, 4) is 0 Å². The van der Waals surface area contributed by atoms with Crippen molar-refractivity contribution in [2.24, 2.45) is 0 Å². The number of hydrogen-bond acceptors (Lipinski definition) is 4. The largest absolute Gasteiger partial charge is 0.372 e. The first-order chi connectivity index (χ1) is 16.2. The van der Waals surface area contributed by atoms with E-state index in [0.29, 0.717) is 19.5 Å². The number of unbranched alkanes of at least 4 members (excludes halogenated alkanes) is 3. The van der Waals surface area contributed by atoms with Gasteiger partial charge in [0, 0.05) is 44.0 Å². The zero-order chi connectivity index (χ0) is 23.3. The van der Waals surface area contributed by atoms with Gasteiger partial charge in [0.25, 0.3) is 0 Å². The van der Waals surface area contributed by atoms with Crippen LogP contribution >= 0.6 is 0 Å². The molecule has 1 aliphatic heterocycles. The Balaban J connectivity index is 1.58. The summed E-state index contributed by atoms with van der Waals surface area (Å²) in [7, 11) is 0. The molecule has 0 aromatic heterocycles. The monoisotopic (exact) mass is 452 g/mol. The molecule has 3 rings (SSSR count). The molecule has 0 bridgehead atoms. The normalized spacial score (nSPS) is 13.4. The summed E-state index contributed by atoms with van der Waals surface area (Å²) in [6.07, 6.45) is 7.42. The van der Waals surface area contributed by atoms with E-state index in [2.05, 4.69) is 22.3 Å². The Labute approximate surface area is 196 Å². The Kier molecular flexibility index (Phi) is 10.0. The molecule has 7 heteroatoms. The van der Waals surface area contributed by atoms with E-state index in [1.165, 1.54) is 24.9 Å². The Morgan fingerprint density at radius 3 is 2.27 bits per heavy atom. The number of hydrogen-bond donors (Lipinski definition) is 3. The van der Waals surface area contributed by atoms with Gasteiger partial charge in [-0.25, -0.2) is 10.3 Å². The van der Waals surface area contributed by atoms with Gasteiger partial charge in [0.15, 0.2) is 0 Å². The molecule has 0 atom stereocenters. The fraction of sp³-hybridized carbons (Fsp3) is 0.462. The number of carbonyl (C=O) groups is 2. The maximum Gasteiger partial charge on any atom is 0.322 e. The van der Waals surface area contributed by atoms with Crippen LogP contribution in [-0.2, 0) is 11.3 Å². The van der Waals surface area contributed by atoms with Gasteiger partial charge in [-0.3, -0.25) is 14.9 Å². The van der Waals surface area contributed by atoms with E-state index in [4.69, 9.17) is 5.21 Å². The first-order valence-electron chi connectivity index (χ1n) is 12.0. The van der Waals surface area contributed by atoms with Crippen molar-refractivity contribution in [3.63, 3.8) is 0 Å². The number of nitrogens with zero attached hydrogens (tertiary/aromatic N) is 2. The second kappa shape index (κ2) is 13.5. The summed E-state index contributed by atoms with van der Waals surface area (Å²) in [6, 6.07) is 18.1. The van der Waals surface area contributed by atoms with Crippen LogP contribution in [0.15, 0.2) is 54.6 Å². The number of amides is 3. The molecule has 178 valence electrons. The quantitative estimate of drug-likeness (QED) is 0.258. The highest BCUT2D eigenvalue weighted by Gasteiger charge is 2.17. The fourth-order valence-corrected chi connectivity index (χ4v) is 4.18. The zero-order valence-electron chi connectivity index (χ0n) is 19.3. The molecular formula is C26H36N4O3. The summed E-state index contributed by atoms with van der Waals surface area (Å²) in [6.45, 7) is 3.28. The van der Waals surface area contributed by atoms with Gasteiger partial charge >= 0.3 is 6.03 Å². The van der Waals surface area contributed by atoms with E-state index in [1.807, 2.05) is 47.4 Å². The number of piperidine rings is 1. The van der Waals surface area contributed by atoms with Gasteiger partial charge in [0.1, 0.15) is 0 Å². The minimum atomic E-state index is -0.356. The van der Waals surface area contributed by atoms with Crippen LogP contribution in [0.4, 0.5) is 16.2 Å². The highest BCUT2D eigenvalue weighted by atomic mass is 16.5. The second-order valence-corrected chi connectivity index (χ2v) is 8.56. The van der Waals surface area contributed by atoms with Crippen LogP contribution in [0.2, 0.25) is 0 Å². The van der Waals surface area contributed by atoms with Gasteiger partial charge in [-0.1, -0.05) is 43.2 Å². The molecule has 1 aliphatic rings. The third kappa shape index (κ3) is 8.09. The van der Waals surface area contributed by atoms with E-state index in [9.17, 15) is 9.59 Å². The molecule has 0 saturated carbocycles. The molecule has 1 saturated heterocycles. The van der Waals surface area contributed by atoms with Crippen molar-refractivity contribution in [1.82, 2.24) is 10.8 Å². The third-order valence-corrected chi connectivity index (χ3v) is 6.07. The molecule has 2 aromatic rings. The number of anilines is 2. The van der Waals surface area contributed by atoms with Gasteiger partial charge in [0.05, 0.1) is 0 Å². The van der Waals surface area contributed by atoms with E-state index in [1.54, 1.807) is 5.48 Å². The maximum atomic E-state index is 13.1. The molecular weight excluding hydrogens is 416 g/mol. The molecule has 1 heterocycles. The molecule has 0 aliphatic carbocycles. The highest BCUT2D eigenvalue weighted by Crippen LogP contribution is 2.24. The predicted octanol–water partition coefficient (Wildman–Crippen LogP) is 4.85. The average Bonchev–Trinajstić information content (AvgIpc) is 2.88. The summed E-state index contributed by atoms with van der Waals surface area (Å²) < 4.78 is 0. The van der Waals surface area contributed by atoms with Crippen molar-refractivity contribution < 1.29 is 14.8 Å². The van der Waals surface area contributed by atoms with Crippen LogP contribution in [0.5, 0.6) is 0 Å². The highest BCUT2D eigenvalue weighted by molar-refractivity contribution is 5.92. The fourth-order valence-electron chi connectivity index (χ4n) is 4.18. The number of carbonyl (C=O) groups excluding carboxylic acids is 2. The maximum absolute atomic E-state index is 13.1. The van der Waals surface area contributed by atoms with Crippen molar-refractivity contribution in [3.05, 3.63) is 60.2 Å². The molecule has 33 heavy (non-hydrogen) atoms. The minimum Gasteiger partial charge on any atom is -0.372 e. The molecule has 2 aromatic carbocycles. The predicted molar refractivity (Wildman–Crippen MR) is 132 cm³/mol. The SMILES string of the molecule is O=C(CCCCCCN(C(=O)NCc1ccccc1)c1ccc(N2CCCCC2)cc1)NO. The molecule has 0 radical (unpaired) electrons. The first kappa shape index (κ1) is 24.6. The lowest BCUT2D eigenvalue weighted by atomic mass is 10.1. The summed E-state index contributed by atoms with van der Waals surface area (Å²) in [5.41, 5.74) is 4.83. The van der Waals surface area contributed by atoms with Crippen molar-refractivity contribution >= 4 is 23.3 Å². The smallest absolute Gasteiger partial charge is 0.322 e. The van der Waals surface area contributed by atoms with Gasteiger partial charge < -0.3 is 10.2 Å². The van der Waals surface area contributed by atoms with Gasteiger partial charge in [-0.05, 0) is 61.9 Å². The summed E-state index contributed by atoms with van der Waals surface area (Å²) in [5, 5.41) is 11.6. The second-order valence-electron chi connectivity index (χ2n) is 8.56. The molecule has 0 spiro atoms. The van der Waals surface area contributed by atoms with E-state index in [0.717, 1.165) is 50.0 Å². The standard InChI is InChI=1S/C26H36N4O3/c31-25(28-33)13-7-1-2-10-20-30(26(32)27-21-22-11-5-3-6-12-22)24-16-14-23(15-17-24)29-18-8-4-9-19-29/h3,5-6,11-12,14-17,33H,1-2,4,7-10,13,18-21H2,(H,27,32)(H,28,31). The Hall–Kier alpha value is -3.06. The molecule has 3 N–H and O–H groups in total. The van der Waals surface area contributed by atoms with Gasteiger partial charge in [-0.15, -0.1) is 0 Å². The number of rotatable bonds is 11. The summed E-state index contributed by atoms with van der Waals surface area (Å²) in [4.78, 5) is 28.4. The summed E-state index contributed by atoms with van der Waals surface area (Å²) in [5.74, 6) is -0.356.